The van der Waals surface area contributed by atoms with Crippen LogP contribution in [0.4, 0.5) is 0 Å². The Morgan fingerprint density at radius 3 is 2.35 bits per heavy atom. The van der Waals surface area contributed by atoms with Gasteiger partial charge in [-0.1, -0.05) is 60.2 Å². The van der Waals surface area contributed by atoms with Crippen LogP contribution in [-0.4, -0.2) is 23.7 Å². The van der Waals surface area contributed by atoms with Crippen LogP contribution in [0, 0.1) is 6.92 Å². The van der Waals surface area contributed by atoms with Crippen LogP contribution >= 0.6 is 12.4 Å². The predicted molar refractivity (Wildman–Crippen MR) is 94.5 cm³/mol. The average Bonchev–Trinajstić information content (AvgIpc) is 2.53. The topological polar surface area (TPSA) is 75.4 Å². The van der Waals surface area contributed by atoms with Gasteiger partial charge in [0.25, 0.3) is 0 Å². The van der Waals surface area contributed by atoms with Gasteiger partial charge in [-0.2, -0.15) is 0 Å². The summed E-state index contributed by atoms with van der Waals surface area (Å²) in [5.41, 5.74) is 8.85. The molecule has 0 saturated carbocycles. The number of hydrogen-bond acceptors (Lipinski definition) is 3. The molecule has 23 heavy (non-hydrogen) atoms. The SMILES string of the molecule is Cc1ccc(C(N)C(=O)NCC(O)Cc2ccccc2)cc1.Cl. The number of nitrogens with one attached hydrogen (secondary N) is 1. The van der Waals surface area contributed by atoms with Crippen molar-refractivity contribution in [1.29, 1.82) is 0 Å². The average molecular weight is 335 g/mol. The summed E-state index contributed by atoms with van der Waals surface area (Å²) in [5.74, 6) is -0.282. The summed E-state index contributed by atoms with van der Waals surface area (Å²) >= 11 is 0. The highest BCUT2D eigenvalue weighted by atomic mass is 35.5. The zero-order chi connectivity index (χ0) is 15.9. The summed E-state index contributed by atoms with van der Waals surface area (Å²) in [6.45, 7) is 2.17. The number of hydrogen-bond donors (Lipinski definition) is 3. The first-order valence-corrected chi connectivity index (χ1v) is 7.38. The first-order valence-electron chi connectivity index (χ1n) is 7.38. The molecule has 0 saturated heterocycles. The molecule has 0 aromatic heterocycles. The molecule has 124 valence electrons. The van der Waals surface area contributed by atoms with Crippen LogP contribution in [0.3, 0.4) is 0 Å². The number of aliphatic hydroxyl groups excluding tert-OH is 1. The fourth-order valence-electron chi connectivity index (χ4n) is 2.21. The minimum Gasteiger partial charge on any atom is -0.391 e. The third-order valence-corrected chi connectivity index (χ3v) is 3.55. The monoisotopic (exact) mass is 334 g/mol. The third kappa shape index (κ3) is 6.02. The maximum atomic E-state index is 12.0. The Labute approximate surface area is 143 Å². The van der Waals surface area contributed by atoms with Crippen molar-refractivity contribution < 1.29 is 9.90 Å². The van der Waals surface area contributed by atoms with E-state index in [9.17, 15) is 9.90 Å². The van der Waals surface area contributed by atoms with E-state index >= 15 is 0 Å². The maximum absolute atomic E-state index is 12.0. The van der Waals surface area contributed by atoms with Crippen LogP contribution in [0.1, 0.15) is 22.7 Å². The molecule has 2 aromatic carbocycles. The van der Waals surface area contributed by atoms with E-state index in [2.05, 4.69) is 5.32 Å². The molecular formula is C18H23ClN2O2. The number of rotatable bonds is 6. The molecule has 2 atom stereocenters. The second-order valence-corrected chi connectivity index (χ2v) is 5.48. The molecule has 2 aromatic rings. The zero-order valence-electron chi connectivity index (χ0n) is 13.1. The molecule has 1 amide bonds. The lowest BCUT2D eigenvalue weighted by Gasteiger charge is -2.16. The summed E-state index contributed by atoms with van der Waals surface area (Å²) in [5, 5.41) is 12.7. The van der Waals surface area contributed by atoms with Crippen molar-refractivity contribution in [1.82, 2.24) is 5.32 Å². The van der Waals surface area contributed by atoms with Gasteiger partial charge in [-0.15, -0.1) is 12.4 Å². The van der Waals surface area contributed by atoms with Crippen molar-refractivity contribution in [2.45, 2.75) is 25.5 Å². The number of carbonyl (C=O) groups excluding carboxylic acids is 1. The Bertz CT molecular complexity index is 602. The molecule has 0 bridgehead atoms. The van der Waals surface area contributed by atoms with E-state index in [0.717, 1.165) is 16.7 Å². The van der Waals surface area contributed by atoms with Gasteiger partial charge in [0, 0.05) is 13.0 Å². The highest BCUT2D eigenvalue weighted by Crippen LogP contribution is 2.11. The second kappa shape index (κ2) is 9.30. The standard InChI is InChI=1S/C18H22N2O2.ClH/c1-13-7-9-15(10-8-13)17(19)18(22)20-12-16(21)11-14-5-3-2-4-6-14;/h2-10,16-17,21H,11-12,19H2,1H3,(H,20,22);1H. The van der Waals surface area contributed by atoms with Gasteiger partial charge in [0.2, 0.25) is 5.91 Å². The minimum atomic E-state index is -0.718. The maximum Gasteiger partial charge on any atom is 0.241 e. The van der Waals surface area contributed by atoms with Gasteiger partial charge < -0.3 is 16.2 Å². The molecule has 0 fully saturated rings. The van der Waals surface area contributed by atoms with Crippen molar-refractivity contribution in [2.75, 3.05) is 6.54 Å². The number of halogens is 1. The van der Waals surface area contributed by atoms with Crippen LogP contribution in [0.15, 0.2) is 54.6 Å². The van der Waals surface area contributed by atoms with Crippen molar-refractivity contribution in [3.05, 3.63) is 71.3 Å². The van der Waals surface area contributed by atoms with Gasteiger partial charge >= 0.3 is 0 Å². The lowest BCUT2D eigenvalue weighted by molar-refractivity contribution is -0.122. The van der Waals surface area contributed by atoms with Crippen molar-refractivity contribution in [3.63, 3.8) is 0 Å². The summed E-state index contributed by atoms with van der Waals surface area (Å²) in [4.78, 5) is 12.0. The van der Waals surface area contributed by atoms with Crippen LogP contribution in [-0.2, 0) is 11.2 Å². The van der Waals surface area contributed by atoms with Gasteiger partial charge in [0.1, 0.15) is 6.04 Å². The molecule has 4 nitrogen and oxygen atoms in total. The van der Waals surface area contributed by atoms with Crippen molar-refractivity contribution in [2.24, 2.45) is 5.73 Å². The summed E-state index contributed by atoms with van der Waals surface area (Å²) in [7, 11) is 0. The van der Waals surface area contributed by atoms with E-state index in [1.807, 2.05) is 61.5 Å². The number of aliphatic hydroxyl groups is 1. The summed E-state index contributed by atoms with van der Waals surface area (Å²) in [6.07, 6.45) is -0.127. The van der Waals surface area contributed by atoms with E-state index in [1.165, 1.54) is 0 Å². The van der Waals surface area contributed by atoms with Crippen molar-refractivity contribution >= 4 is 18.3 Å². The molecule has 0 heterocycles. The highest BCUT2D eigenvalue weighted by Gasteiger charge is 2.16. The fraction of sp³-hybridized carbons (Fsp3) is 0.278. The van der Waals surface area contributed by atoms with Gasteiger partial charge in [-0.3, -0.25) is 4.79 Å². The van der Waals surface area contributed by atoms with E-state index in [1.54, 1.807) is 0 Å². The molecule has 2 unspecified atom stereocenters. The highest BCUT2D eigenvalue weighted by molar-refractivity contribution is 5.85. The van der Waals surface area contributed by atoms with Crippen LogP contribution < -0.4 is 11.1 Å². The largest absolute Gasteiger partial charge is 0.391 e. The van der Waals surface area contributed by atoms with Gasteiger partial charge in [-0.05, 0) is 18.1 Å². The molecule has 0 radical (unpaired) electrons. The second-order valence-electron chi connectivity index (χ2n) is 5.48. The van der Waals surface area contributed by atoms with Crippen LogP contribution in [0.5, 0.6) is 0 Å². The molecule has 2 rings (SSSR count). The van der Waals surface area contributed by atoms with E-state index < -0.39 is 12.1 Å². The number of amides is 1. The van der Waals surface area contributed by atoms with Crippen LogP contribution in [0.2, 0.25) is 0 Å². The lowest BCUT2D eigenvalue weighted by Crippen LogP contribution is -2.39. The number of carbonyl (C=O) groups is 1. The molecule has 4 N–H and O–H groups in total. The van der Waals surface area contributed by atoms with Crippen molar-refractivity contribution in [3.8, 4) is 0 Å². The van der Waals surface area contributed by atoms with Gasteiger partial charge in [0.05, 0.1) is 6.10 Å². The minimum absolute atomic E-state index is 0. The molecule has 0 aliphatic heterocycles. The van der Waals surface area contributed by atoms with Gasteiger partial charge in [0.15, 0.2) is 0 Å². The van der Waals surface area contributed by atoms with E-state index in [0.29, 0.717) is 6.42 Å². The Balaban J connectivity index is 0.00000264. The molecule has 5 heteroatoms. The number of nitrogens with two attached hydrogens (primary N) is 1. The molecule has 0 aliphatic carbocycles. The zero-order valence-corrected chi connectivity index (χ0v) is 13.9. The Hall–Kier alpha value is -1.88. The lowest BCUT2D eigenvalue weighted by atomic mass is 10.0. The fourth-order valence-corrected chi connectivity index (χ4v) is 2.21. The quantitative estimate of drug-likeness (QED) is 0.757. The van der Waals surface area contributed by atoms with Crippen LogP contribution in [0.25, 0.3) is 0 Å². The molecular weight excluding hydrogens is 312 g/mol. The molecule has 0 spiro atoms. The third-order valence-electron chi connectivity index (χ3n) is 3.55. The summed E-state index contributed by atoms with van der Waals surface area (Å²) < 4.78 is 0. The first-order chi connectivity index (χ1) is 10.6. The predicted octanol–water partition coefficient (Wildman–Crippen LogP) is 2.14. The number of aryl methyl sites for hydroxylation is 1. The molecule has 0 aliphatic rings. The van der Waals surface area contributed by atoms with E-state index in [-0.39, 0.29) is 24.9 Å². The first kappa shape index (κ1) is 19.2. The Morgan fingerprint density at radius 2 is 1.74 bits per heavy atom. The Morgan fingerprint density at radius 1 is 1.13 bits per heavy atom. The number of benzene rings is 2. The Kier molecular flexibility index (Phi) is 7.75. The summed E-state index contributed by atoms with van der Waals surface area (Å²) in [6, 6.07) is 16.5. The normalized spacial score (nSPS) is 12.8. The van der Waals surface area contributed by atoms with Gasteiger partial charge in [-0.25, -0.2) is 0 Å². The van der Waals surface area contributed by atoms with E-state index in [4.69, 9.17) is 5.73 Å². The smallest absolute Gasteiger partial charge is 0.241 e.